The number of carboxylic acids is 1. The van der Waals surface area contributed by atoms with Crippen molar-refractivity contribution in [2.24, 2.45) is 0 Å². The van der Waals surface area contributed by atoms with Gasteiger partial charge in [0.1, 0.15) is 11.5 Å². The van der Waals surface area contributed by atoms with E-state index in [1.807, 2.05) is 30.3 Å². The van der Waals surface area contributed by atoms with E-state index in [-0.39, 0.29) is 5.56 Å². The molecule has 0 radical (unpaired) electrons. The lowest BCUT2D eigenvalue weighted by Gasteiger charge is -2.18. The molecule has 0 amide bonds. The van der Waals surface area contributed by atoms with Crippen LogP contribution in [0.1, 0.15) is 62.7 Å². The number of fused-ring (bicyclic) bond motifs is 2. The molecule has 1 N–H and O–H groups in total. The lowest BCUT2D eigenvalue weighted by atomic mass is 9.98. The number of aromatic carboxylic acids is 1. The Balaban J connectivity index is 2.14. The minimum Gasteiger partial charge on any atom is -0.492 e. The molecule has 3 rings (SSSR count). The van der Waals surface area contributed by atoms with Gasteiger partial charge in [-0.25, -0.2) is 4.79 Å². The molecule has 0 spiro atoms. The summed E-state index contributed by atoms with van der Waals surface area (Å²) >= 11 is 0. The summed E-state index contributed by atoms with van der Waals surface area (Å²) in [7, 11) is 0. The first-order chi connectivity index (χ1) is 14.2. The third-order valence-corrected chi connectivity index (χ3v) is 5.16. The normalized spacial score (nSPS) is 11.1. The third-order valence-electron chi connectivity index (χ3n) is 5.16. The molecule has 0 heterocycles. The van der Waals surface area contributed by atoms with Crippen molar-refractivity contribution in [3.8, 4) is 11.5 Å². The largest absolute Gasteiger partial charge is 0.492 e. The van der Waals surface area contributed by atoms with Crippen molar-refractivity contribution in [3.05, 3.63) is 48.0 Å². The van der Waals surface area contributed by atoms with Gasteiger partial charge >= 0.3 is 5.97 Å². The zero-order chi connectivity index (χ0) is 20.6. The predicted octanol–water partition coefficient (Wildman–Crippen LogP) is 6.83. The smallest absolute Gasteiger partial charge is 0.335 e. The van der Waals surface area contributed by atoms with Crippen molar-refractivity contribution in [1.29, 1.82) is 0 Å². The second-order valence-electron chi connectivity index (χ2n) is 7.38. The summed E-state index contributed by atoms with van der Waals surface area (Å²) in [6.07, 6.45) is 6.46. The van der Waals surface area contributed by atoms with Gasteiger partial charge in [-0.2, -0.15) is 0 Å². The van der Waals surface area contributed by atoms with E-state index in [1.54, 1.807) is 12.1 Å². The fraction of sp³-hybridized carbons (Fsp3) is 0.400. The number of rotatable bonds is 11. The first-order valence-corrected chi connectivity index (χ1v) is 10.6. The summed E-state index contributed by atoms with van der Waals surface area (Å²) in [6.45, 7) is 5.59. The van der Waals surface area contributed by atoms with Gasteiger partial charge in [-0.05, 0) is 31.0 Å². The maximum absolute atomic E-state index is 11.6. The van der Waals surface area contributed by atoms with E-state index in [2.05, 4.69) is 13.8 Å². The quantitative estimate of drug-likeness (QED) is 0.286. The first-order valence-electron chi connectivity index (χ1n) is 10.6. The summed E-state index contributed by atoms with van der Waals surface area (Å²) in [5.74, 6) is 0.614. The van der Waals surface area contributed by atoms with E-state index in [0.717, 1.165) is 71.6 Å². The minimum atomic E-state index is -0.942. The van der Waals surface area contributed by atoms with Gasteiger partial charge in [-0.3, -0.25) is 0 Å². The van der Waals surface area contributed by atoms with Crippen LogP contribution in [0.15, 0.2) is 42.5 Å². The monoisotopic (exact) mass is 394 g/mol. The molecule has 0 aliphatic heterocycles. The van der Waals surface area contributed by atoms with E-state index in [1.165, 1.54) is 0 Å². The lowest BCUT2D eigenvalue weighted by molar-refractivity contribution is 0.0697. The zero-order valence-corrected chi connectivity index (χ0v) is 17.4. The van der Waals surface area contributed by atoms with Crippen LogP contribution in [0.25, 0.3) is 21.5 Å². The van der Waals surface area contributed by atoms with Crippen LogP contribution in [0, 0.1) is 0 Å². The Hall–Kier alpha value is -2.75. The van der Waals surface area contributed by atoms with Crippen molar-refractivity contribution >= 4 is 27.5 Å². The number of ether oxygens (including phenoxy) is 2. The standard InChI is InChI=1S/C25H30O4/c1-3-5-9-15-28-23-19-11-7-8-12-20(19)24(29-16-10-6-4-2)22-17-18(25(26)27)13-14-21(22)23/h7-8,11-14,17H,3-6,9-10,15-16H2,1-2H3,(H,26,27). The highest BCUT2D eigenvalue weighted by Crippen LogP contribution is 2.43. The molecule has 0 unspecified atom stereocenters. The Morgan fingerprint density at radius 3 is 1.79 bits per heavy atom. The van der Waals surface area contributed by atoms with E-state index >= 15 is 0 Å². The summed E-state index contributed by atoms with van der Waals surface area (Å²) < 4.78 is 12.4. The highest BCUT2D eigenvalue weighted by atomic mass is 16.5. The molecule has 3 aromatic carbocycles. The molecule has 0 aliphatic carbocycles. The Morgan fingerprint density at radius 1 is 0.759 bits per heavy atom. The highest BCUT2D eigenvalue weighted by Gasteiger charge is 2.18. The Bertz CT molecular complexity index is 977. The predicted molar refractivity (Wildman–Crippen MR) is 118 cm³/mol. The fourth-order valence-electron chi connectivity index (χ4n) is 3.60. The highest BCUT2D eigenvalue weighted by molar-refractivity contribution is 6.12. The van der Waals surface area contributed by atoms with Crippen LogP contribution in [-0.2, 0) is 0 Å². The molecule has 0 fully saturated rings. The van der Waals surface area contributed by atoms with Crippen molar-refractivity contribution in [2.75, 3.05) is 13.2 Å². The summed E-state index contributed by atoms with van der Waals surface area (Å²) in [6, 6.07) is 13.2. The SMILES string of the molecule is CCCCCOc1c2ccccc2c(OCCCCC)c2cc(C(=O)O)ccc12. The Kier molecular flexibility index (Phi) is 7.34. The topological polar surface area (TPSA) is 55.8 Å². The van der Waals surface area contributed by atoms with Crippen LogP contribution in [0.5, 0.6) is 11.5 Å². The maximum atomic E-state index is 11.6. The lowest BCUT2D eigenvalue weighted by Crippen LogP contribution is -2.03. The van der Waals surface area contributed by atoms with Crippen molar-refractivity contribution < 1.29 is 19.4 Å². The molecular weight excluding hydrogens is 364 g/mol. The van der Waals surface area contributed by atoms with Gasteiger partial charge in [0.2, 0.25) is 0 Å². The Labute approximate surface area is 172 Å². The molecule has 3 aromatic rings. The number of hydrogen-bond acceptors (Lipinski definition) is 3. The average molecular weight is 395 g/mol. The summed E-state index contributed by atoms with van der Waals surface area (Å²) in [4.78, 5) is 11.6. The number of hydrogen-bond donors (Lipinski definition) is 1. The van der Waals surface area contributed by atoms with Crippen LogP contribution in [0.3, 0.4) is 0 Å². The van der Waals surface area contributed by atoms with E-state index in [4.69, 9.17) is 9.47 Å². The second-order valence-corrected chi connectivity index (χ2v) is 7.38. The van der Waals surface area contributed by atoms with E-state index < -0.39 is 5.97 Å². The van der Waals surface area contributed by atoms with Gasteiger partial charge in [0.15, 0.2) is 0 Å². The molecule has 0 aliphatic rings. The van der Waals surface area contributed by atoms with Gasteiger partial charge < -0.3 is 14.6 Å². The molecule has 0 bridgehead atoms. The van der Waals surface area contributed by atoms with Crippen molar-refractivity contribution in [2.45, 2.75) is 52.4 Å². The van der Waals surface area contributed by atoms with Crippen molar-refractivity contribution in [1.82, 2.24) is 0 Å². The minimum absolute atomic E-state index is 0.253. The van der Waals surface area contributed by atoms with Gasteiger partial charge in [-0.1, -0.05) is 63.8 Å². The average Bonchev–Trinajstić information content (AvgIpc) is 2.74. The number of carboxylic acid groups (broad SMARTS) is 1. The molecule has 4 heteroatoms. The Morgan fingerprint density at radius 2 is 1.28 bits per heavy atom. The molecule has 4 nitrogen and oxygen atoms in total. The summed E-state index contributed by atoms with van der Waals surface area (Å²) in [5, 5.41) is 13.2. The zero-order valence-electron chi connectivity index (χ0n) is 17.4. The van der Waals surface area contributed by atoms with Crippen LogP contribution in [-0.4, -0.2) is 24.3 Å². The second kappa shape index (κ2) is 10.1. The fourth-order valence-corrected chi connectivity index (χ4v) is 3.60. The van der Waals surface area contributed by atoms with Gasteiger partial charge in [0.05, 0.1) is 18.8 Å². The molecule has 0 saturated carbocycles. The van der Waals surface area contributed by atoms with Crippen LogP contribution in [0.4, 0.5) is 0 Å². The maximum Gasteiger partial charge on any atom is 0.335 e. The first kappa shape index (κ1) is 21.0. The molecule has 0 saturated heterocycles. The molecule has 0 aromatic heterocycles. The number of unbranched alkanes of at least 4 members (excludes halogenated alkanes) is 4. The third kappa shape index (κ3) is 4.81. The van der Waals surface area contributed by atoms with E-state index in [9.17, 15) is 9.90 Å². The number of benzene rings is 3. The van der Waals surface area contributed by atoms with Crippen molar-refractivity contribution in [3.63, 3.8) is 0 Å². The van der Waals surface area contributed by atoms with E-state index in [0.29, 0.717) is 13.2 Å². The molecule has 29 heavy (non-hydrogen) atoms. The number of carbonyl (C=O) groups is 1. The molecule has 0 atom stereocenters. The van der Waals surface area contributed by atoms with Gasteiger partial charge in [0, 0.05) is 21.5 Å². The molecule has 154 valence electrons. The van der Waals surface area contributed by atoms with Crippen LogP contribution < -0.4 is 9.47 Å². The summed E-state index contributed by atoms with van der Waals surface area (Å²) in [5.41, 5.74) is 0.253. The van der Waals surface area contributed by atoms with Crippen LogP contribution in [0.2, 0.25) is 0 Å². The van der Waals surface area contributed by atoms with Gasteiger partial charge in [-0.15, -0.1) is 0 Å². The van der Waals surface area contributed by atoms with Gasteiger partial charge in [0.25, 0.3) is 0 Å². The molecular formula is C25H30O4. The van der Waals surface area contributed by atoms with Crippen LogP contribution >= 0.6 is 0 Å².